The third-order valence-corrected chi connectivity index (χ3v) is 6.96. The fourth-order valence-corrected chi connectivity index (χ4v) is 4.98. The van der Waals surface area contributed by atoms with E-state index < -0.39 is 17.8 Å². The molecule has 32 heavy (non-hydrogen) atoms. The maximum Gasteiger partial charge on any atom is 0.416 e. The summed E-state index contributed by atoms with van der Waals surface area (Å²) in [7, 11) is 0. The molecule has 1 saturated heterocycles. The minimum Gasteiger partial charge on any atom is -0.387 e. The summed E-state index contributed by atoms with van der Waals surface area (Å²) in [6.07, 6.45) is -2.57. The highest BCUT2D eigenvalue weighted by molar-refractivity contribution is 6.35. The van der Waals surface area contributed by atoms with Gasteiger partial charge in [-0.1, -0.05) is 35.3 Å². The van der Waals surface area contributed by atoms with Crippen LogP contribution in [0.4, 0.5) is 13.2 Å². The van der Waals surface area contributed by atoms with E-state index in [4.69, 9.17) is 23.2 Å². The molecule has 1 spiro atoms. The van der Waals surface area contributed by atoms with Crippen molar-refractivity contribution in [3.8, 4) is 0 Å². The number of halogens is 5. The van der Waals surface area contributed by atoms with Crippen molar-refractivity contribution in [2.45, 2.75) is 37.6 Å². The number of carbonyl (C=O) groups excluding carboxylic acids is 1. The van der Waals surface area contributed by atoms with Crippen molar-refractivity contribution in [3.63, 3.8) is 0 Å². The molecule has 1 amide bonds. The van der Waals surface area contributed by atoms with Gasteiger partial charge in [0.15, 0.2) is 0 Å². The van der Waals surface area contributed by atoms with Gasteiger partial charge in [0.1, 0.15) is 0 Å². The molecule has 1 aliphatic carbocycles. The second-order valence-electron chi connectivity index (χ2n) is 8.69. The van der Waals surface area contributed by atoms with Crippen LogP contribution in [0.3, 0.4) is 0 Å². The number of β-amino-alcohol motifs (C(OH)–C–C–N with tert-alkyl or cyclic N) is 1. The second kappa shape index (κ2) is 8.86. The number of rotatable bonds is 5. The largest absolute Gasteiger partial charge is 0.416 e. The number of benzene rings is 2. The summed E-state index contributed by atoms with van der Waals surface area (Å²) in [6, 6.07) is 9.48. The lowest BCUT2D eigenvalue weighted by molar-refractivity contribution is -0.137. The lowest BCUT2D eigenvalue weighted by Gasteiger charge is -2.34. The van der Waals surface area contributed by atoms with Crippen LogP contribution in [-0.2, 0) is 6.18 Å². The fourth-order valence-electron chi connectivity index (χ4n) is 4.46. The van der Waals surface area contributed by atoms with Crippen molar-refractivity contribution >= 4 is 29.1 Å². The van der Waals surface area contributed by atoms with Crippen LogP contribution in [0.25, 0.3) is 0 Å². The van der Waals surface area contributed by atoms with Crippen molar-refractivity contribution in [2.75, 3.05) is 19.6 Å². The summed E-state index contributed by atoms with van der Waals surface area (Å²) in [4.78, 5) is 14.6. The summed E-state index contributed by atoms with van der Waals surface area (Å²) in [5, 5.41) is 14.3. The molecule has 2 aromatic rings. The molecule has 0 bridgehead atoms. The van der Waals surface area contributed by atoms with E-state index in [1.807, 2.05) is 0 Å². The van der Waals surface area contributed by atoms with Crippen LogP contribution in [0.1, 0.15) is 46.9 Å². The van der Waals surface area contributed by atoms with Gasteiger partial charge in [0.2, 0.25) is 0 Å². The SMILES string of the molecule is O=C(NC1CC12CCN(CC(O)c1ccc(C(F)(F)F)cc1)CC2)c1cc(Cl)cc(Cl)c1. The van der Waals surface area contributed by atoms with Gasteiger partial charge in [-0.2, -0.15) is 13.2 Å². The van der Waals surface area contributed by atoms with Crippen molar-refractivity contribution < 1.29 is 23.1 Å². The monoisotopic (exact) mass is 486 g/mol. The summed E-state index contributed by atoms with van der Waals surface area (Å²) in [5.74, 6) is -0.198. The molecule has 172 valence electrons. The van der Waals surface area contributed by atoms with Gasteiger partial charge in [-0.15, -0.1) is 0 Å². The Balaban J connectivity index is 1.27. The first-order valence-corrected chi connectivity index (χ1v) is 11.2. The lowest BCUT2D eigenvalue weighted by atomic mass is 9.92. The molecule has 1 saturated carbocycles. The van der Waals surface area contributed by atoms with Crippen molar-refractivity contribution in [2.24, 2.45) is 5.41 Å². The highest BCUT2D eigenvalue weighted by atomic mass is 35.5. The standard InChI is InChI=1S/C23H23Cl2F3N2O2/c24-17-9-15(10-18(25)11-17)21(32)29-20-12-22(20)5-7-30(8-6-22)13-19(31)14-1-3-16(4-2-14)23(26,27)28/h1-4,9-11,19-20,31H,5-8,12-13H2,(H,29,32). The van der Waals surface area contributed by atoms with E-state index in [9.17, 15) is 23.1 Å². The number of aliphatic hydroxyl groups is 1. The minimum absolute atomic E-state index is 0.0633. The van der Waals surface area contributed by atoms with Gasteiger partial charge in [0, 0.05) is 28.2 Å². The van der Waals surface area contributed by atoms with E-state index in [0.29, 0.717) is 27.7 Å². The number of carbonyl (C=O) groups is 1. The summed E-state index contributed by atoms with van der Waals surface area (Å²) >= 11 is 12.0. The van der Waals surface area contributed by atoms with Crippen molar-refractivity contribution in [1.29, 1.82) is 0 Å². The van der Waals surface area contributed by atoms with Gasteiger partial charge >= 0.3 is 6.18 Å². The molecule has 2 aliphatic rings. The Morgan fingerprint density at radius 1 is 1.12 bits per heavy atom. The average molecular weight is 487 g/mol. The molecule has 2 fully saturated rings. The molecular weight excluding hydrogens is 464 g/mol. The van der Waals surface area contributed by atoms with Gasteiger partial charge in [-0.25, -0.2) is 0 Å². The summed E-state index contributed by atoms with van der Waals surface area (Å²) in [5.41, 5.74) is 0.236. The number of piperidine rings is 1. The van der Waals surface area contributed by atoms with E-state index in [2.05, 4.69) is 10.2 Å². The van der Waals surface area contributed by atoms with Crippen molar-refractivity contribution in [1.82, 2.24) is 10.2 Å². The summed E-state index contributed by atoms with van der Waals surface area (Å²) < 4.78 is 38.1. The molecule has 2 N–H and O–H groups in total. The van der Waals surface area contributed by atoms with Crippen molar-refractivity contribution in [3.05, 3.63) is 69.2 Å². The van der Waals surface area contributed by atoms with Gasteiger partial charge in [-0.3, -0.25) is 4.79 Å². The zero-order chi connectivity index (χ0) is 23.1. The molecule has 1 heterocycles. The van der Waals surface area contributed by atoms with E-state index in [-0.39, 0.29) is 17.4 Å². The van der Waals surface area contributed by atoms with Gasteiger partial charge in [0.25, 0.3) is 5.91 Å². The molecule has 2 atom stereocenters. The molecule has 4 nitrogen and oxygen atoms in total. The van der Waals surface area contributed by atoms with Crippen LogP contribution >= 0.6 is 23.2 Å². The molecular formula is C23H23Cl2F3N2O2. The van der Waals surface area contributed by atoms with E-state index >= 15 is 0 Å². The number of hydrogen-bond donors (Lipinski definition) is 2. The normalized spacial score (nSPS) is 21.4. The molecule has 9 heteroatoms. The first-order valence-electron chi connectivity index (χ1n) is 10.4. The van der Waals surface area contributed by atoms with E-state index in [0.717, 1.165) is 44.5 Å². The van der Waals surface area contributed by atoms with E-state index in [1.165, 1.54) is 12.1 Å². The predicted molar refractivity (Wildman–Crippen MR) is 117 cm³/mol. The molecule has 0 radical (unpaired) electrons. The number of alkyl halides is 3. The number of aliphatic hydroxyl groups excluding tert-OH is 1. The Bertz CT molecular complexity index is 969. The third-order valence-electron chi connectivity index (χ3n) is 6.53. The lowest BCUT2D eigenvalue weighted by Crippen LogP contribution is -2.40. The topological polar surface area (TPSA) is 52.6 Å². The number of amides is 1. The minimum atomic E-state index is -4.39. The average Bonchev–Trinajstić information content (AvgIpc) is 3.39. The van der Waals surface area contributed by atoms with Crippen LogP contribution in [0.5, 0.6) is 0 Å². The summed E-state index contributed by atoms with van der Waals surface area (Å²) in [6.45, 7) is 1.87. The highest BCUT2D eigenvalue weighted by Gasteiger charge is 2.55. The fraction of sp³-hybridized carbons (Fsp3) is 0.435. The molecule has 1 aliphatic heterocycles. The Morgan fingerprint density at radius 2 is 1.72 bits per heavy atom. The Morgan fingerprint density at radius 3 is 2.28 bits per heavy atom. The Kier molecular flexibility index (Phi) is 6.47. The molecule has 2 aromatic carbocycles. The zero-order valence-corrected chi connectivity index (χ0v) is 18.6. The van der Waals surface area contributed by atoms with E-state index in [1.54, 1.807) is 18.2 Å². The second-order valence-corrected chi connectivity index (χ2v) is 9.56. The third kappa shape index (κ3) is 5.22. The molecule has 2 unspecified atom stereocenters. The van der Waals surface area contributed by atoms with Gasteiger partial charge in [0.05, 0.1) is 11.7 Å². The highest BCUT2D eigenvalue weighted by Crippen LogP contribution is 2.54. The number of nitrogens with zero attached hydrogens (tertiary/aromatic N) is 1. The predicted octanol–water partition coefficient (Wildman–Crippen LogP) is 5.33. The van der Waals surface area contributed by atoms with Gasteiger partial charge in [-0.05, 0) is 73.7 Å². The maximum absolute atomic E-state index is 12.7. The molecule has 0 aromatic heterocycles. The first-order chi connectivity index (χ1) is 15.1. The van der Waals surface area contributed by atoms with Crippen LogP contribution in [0, 0.1) is 5.41 Å². The van der Waals surface area contributed by atoms with Crippen LogP contribution < -0.4 is 5.32 Å². The number of likely N-dealkylation sites (tertiary alicyclic amines) is 1. The Labute approximate surface area is 194 Å². The Hall–Kier alpha value is -1.80. The number of nitrogens with one attached hydrogen (secondary N) is 1. The van der Waals surface area contributed by atoms with Gasteiger partial charge < -0.3 is 15.3 Å². The van der Waals surface area contributed by atoms with Crippen LogP contribution in [0.15, 0.2) is 42.5 Å². The molecule has 4 rings (SSSR count). The maximum atomic E-state index is 12.7. The van der Waals surface area contributed by atoms with Crippen LogP contribution in [-0.4, -0.2) is 41.6 Å². The number of hydrogen-bond acceptors (Lipinski definition) is 3. The smallest absolute Gasteiger partial charge is 0.387 e. The van der Waals surface area contributed by atoms with Crippen LogP contribution in [0.2, 0.25) is 10.0 Å². The first kappa shape index (κ1) is 23.4. The zero-order valence-electron chi connectivity index (χ0n) is 17.1. The quantitative estimate of drug-likeness (QED) is 0.600.